The van der Waals surface area contributed by atoms with Crippen LogP contribution >= 0.6 is 12.4 Å². The fourth-order valence-electron chi connectivity index (χ4n) is 2.78. The van der Waals surface area contributed by atoms with Crippen LogP contribution in [0.1, 0.15) is 44.9 Å². The first-order chi connectivity index (χ1) is 7.25. The molecule has 16 heavy (non-hydrogen) atoms. The molecule has 1 atom stereocenters. The Morgan fingerprint density at radius 1 is 1.19 bits per heavy atom. The van der Waals surface area contributed by atoms with Gasteiger partial charge in [0.15, 0.2) is 0 Å². The predicted molar refractivity (Wildman–Crippen MR) is 67.6 cm³/mol. The Labute approximate surface area is 104 Å². The molecule has 1 aliphatic heterocycles. The molecule has 1 saturated carbocycles. The minimum atomic E-state index is 0. The van der Waals surface area contributed by atoms with Gasteiger partial charge in [0.2, 0.25) is 5.91 Å². The fraction of sp³-hybridized carbons (Fsp3) is 0.917. The molecule has 0 aromatic rings. The highest BCUT2D eigenvalue weighted by Gasteiger charge is 2.26. The van der Waals surface area contributed by atoms with E-state index in [1.165, 1.54) is 32.1 Å². The Balaban J connectivity index is 0.00000128. The lowest BCUT2D eigenvalue weighted by molar-refractivity contribution is -0.131. The zero-order valence-electron chi connectivity index (χ0n) is 9.86. The number of amides is 1. The Morgan fingerprint density at radius 2 is 1.88 bits per heavy atom. The molecule has 1 amide bonds. The van der Waals surface area contributed by atoms with Gasteiger partial charge in [-0.1, -0.05) is 19.3 Å². The van der Waals surface area contributed by atoms with E-state index in [1.54, 1.807) is 0 Å². The highest BCUT2D eigenvalue weighted by atomic mass is 35.5. The maximum Gasteiger partial charge on any atom is 0.222 e. The summed E-state index contributed by atoms with van der Waals surface area (Å²) in [6.45, 7) is 1.66. The number of nitrogens with zero attached hydrogens (tertiary/aromatic N) is 1. The Kier molecular flexibility index (Phi) is 5.56. The molecular formula is C12H23ClN2O. The molecule has 4 heteroatoms. The fourth-order valence-corrected chi connectivity index (χ4v) is 2.78. The van der Waals surface area contributed by atoms with E-state index in [9.17, 15) is 4.79 Å². The van der Waals surface area contributed by atoms with Gasteiger partial charge < -0.3 is 10.6 Å². The molecular weight excluding hydrogens is 224 g/mol. The van der Waals surface area contributed by atoms with Crippen LogP contribution in [0.15, 0.2) is 0 Å². The smallest absolute Gasteiger partial charge is 0.222 e. The molecule has 2 aliphatic rings. The van der Waals surface area contributed by atoms with E-state index in [-0.39, 0.29) is 18.4 Å². The number of halogens is 1. The van der Waals surface area contributed by atoms with Gasteiger partial charge in [-0.3, -0.25) is 4.79 Å². The molecule has 0 spiro atoms. The molecule has 0 aromatic heterocycles. The third-order valence-corrected chi connectivity index (χ3v) is 3.77. The Morgan fingerprint density at radius 3 is 2.44 bits per heavy atom. The van der Waals surface area contributed by atoms with Gasteiger partial charge in [-0.25, -0.2) is 0 Å². The van der Waals surface area contributed by atoms with E-state index in [0.717, 1.165) is 25.9 Å². The summed E-state index contributed by atoms with van der Waals surface area (Å²) in [7, 11) is 0. The van der Waals surface area contributed by atoms with Gasteiger partial charge in [0.05, 0.1) is 0 Å². The first kappa shape index (κ1) is 13.8. The van der Waals surface area contributed by atoms with Gasteiger partial charge >= 0.3 is 0 Å². The summed E-state index contributed by atoms with van der Waals surface area (Å²) in [6, 6.07) is 0.223. The van der Waals surface area contributed by atoms with Gasteiger partial charge in [-0.2, -0.15) is 0 Å². The van der Waals surface area contributed by atoms with Crippen molar-refractivity contribution in [1.82, 2.24) is 4.90 Å². The van der Waals surface area contributed by atoms with Crippen LogP contribution in [0.4, 0.5) is 0 Å². The Hall–Kier alpha value is -0.280. The van der Waals surface area contributed by atoms with Gasteiger partial charge in [-0.15, -0.1) is 12.4 Å². The summed E-state index contributed by atoms with van der Waals surface area (Å²) in [5, 5.41) is 0. The van der Waals surface area contributed by atoms with Crippen LogP contribution in [0.25, 0.3) is 0 Å². The van der Waals surface area contributed by atoms with Crippen molar-refractivity contribution in [2.75, 3.05) is 13.1 Å². The SMILES string of the molecule is Cl.N[C@@H]1CCN(C(=O)CC2CCCCC2)C1. The maximum absolute atomic E-state index is 11.9. The molecule has 3 nitrogen and oxygen atoms in total. The second-order valence-corrected chi connectivity index (χ2v) is 5.10. The monoisotopic (exact) mass is 246 g/mol. The van der Waals surface area contributed by atoms with Crippen molar-refractivity contribution in [3.8, 4) is 0 Å². The standard InChI is InChI=1S/C12H22N2O.ClH/c13-11-6-7-14(9-11)12(15)8-10-4-2-1-3-5-10;/h10-11H,1-9,13H2;1H/t11-;/m1./s1. The van der Waals surface area contributed by atoms with Crippen molar-refractivity contribution in [1.29, 1.82) is 0 Å². The zero-order valence-corrected chi connectivity index (χ0v) is 10.7. The summed E-state index contributed by atoms with van der Waals surface area (Å²) < 4.78 is 0. The summed E-state index contributed by atoms with van der Waals surface area (Å²) >= 11 is 0. The molecule has 0 aromatic carbocycles. The average molecular weight is 247 g/mol. The molecule has 0 radical (unpaired) electrons. The summed E-state index contributed by atoms with van der Waals surface area (Å²) in [4.78, 5) is 13.9. The van der Waals surface area contributed by atoms with Crippen molar-refractivity contribution >= 4 is 18.3 Å². The van der Waals surface area contributed by atoms with Gasteiger partial charge in [0.25, 0.3) is 0 Å². The zero-order chi connectivity index (χ0) is 10.7. The molecule has 2 rings (SSSR count). The highest BCUT2D eigenvalue weighted by Crippen LogP contribution is 2.27. The quantitative estimate of drug-likeness (QED) is 0.810. The predicted octanol–water partition coefficient (Wildman–Crippen LogP) is 1.94. The molecule has 0 bridgehead atoms. The molecule has 94 valence electrons. The second-order valence-electron chi connectivity index (χ2n) is 5.10. The number of carbonyl (C=O) groups is 1. The number of hydrogen-bond donors (Lipinski definition) is 1. The van der Waals surface area contributed by atoms with E-state index in [4.69, 9.17) is 5.73 Å². The largest absolute Gasteiger partial charge is 0.341 e. The van der Waals surface area contributed by atoms with Crippen LogP contribution in [0.2, 0.25) is 0 Å². The highest BCUT2D eigenvalue weighted by molar-refractivity contribution is 5.85. The summed E-state index contributed by atoms with van der Waals surface area (Å²) in [6.07, 6.45) is 8.26. The third-order valence-electron chi connectivity index (χ3n) is 3.77. The molecule has 2 N–H and O–H groups in total. The summed E-state index contributed by atoms with van der Waals surface area (Å²) in [5.41, 5.74) is 5.80. The lowest BCUT2D eigenvalue weighted by Crippen LogP contribution is -2.33. The number of rotatable bonds is 2. The lowest BCUT2D eigenvalue weighted by Gasteiger charge is -2.24. The van der Waals surface area contributed by atoms with E-state index in [1.807, 2.05) is 4.90 Å². The maximum atomic E-state index is 11.9. The van der Waals surface area contributed by atoms with Crippen LogP contribution in [0.3, 0.4) is 0 Å². The van der Waals surface area contributed by atoms with E-state index in [2.05, 4.69) is 0 Å². The van der Waals surface area contributed by atoms with Crippen molar-refractivity contribution < 1.29 is 4.79 Å². The van der Waals surface area contributed by atoms with Crippen molar-refractivity contribution in [3.05, 3.63) is 0 Å². The van der Waals surface area contributed by atoms with Crippen LogP contribution in [-0.4, -0.2) is 29.9 Å². The van der Waals surface area contributed by atoms with Gasteiger partial charge in [0.1, 0.15) is 0 Å². The van der Waals surface area contributed by atoms with Crippen LogP contribution < -0.4 is 5.73 Å². The molecule has 0 unspecified atom stereocenters. The molecule has 1 heterocycles. The molecule has 2 fully saturated rings. The third kappa shape index (κ3) is 3.63. The number of likely N-dealkylation sites (tertiary alicyclic amines) is 1. The van der Waals surface area contributed by atoms with E-state index < -0.39 is 0 Å². The van der Waals surface area contributed by atoms with Crippen LogP contribution in [0.5, 0.6) is 0 Å². The lowest BCUT2D eigenvalue weighted by atomic mass is 9.87. The minimum Gasteiger partial charge on any atom is -0.341 e. The average Bonchev–Trinajstić information content (AvgIpc) is 2.66. The van der Waals surface area contributed by atoms with Crippen LogP contribution in [0, 0.1) is 5.92 Å². The number of nitrogens with two attached hydrogens (primary N) is 1. The normalized spacial score (nSPS) is 26.6. The molecule has 1 saturated heterocycles. The van der Waals surface area contributed by atoms with Crippen molar-refractivity contribution in [2.45, 2.75) is 51.0 Å². The minimum absolute atomic E-state index is 0. The topological polar surface area (TPSA) is 46.3 Å². The number of carbonyl (C=O) groups excluding carboxylic acids is 1. The van der Waals surface area contributed by atoms with Crippen molar-refractivity contribution in [3.63, 3.8) is 0 Å². The Bertz CT molecular complexity index is 229. The first-order valence-electron chi connectivity index (χ1n) is 6.29. The van der Waals surface area contributed by atoms with E-state index in [0.29, 0.717) is 11.8 Å². The van der Waals surface area contributed by atoms with Gasteiger partial charge in [-0.05, 0) is 25.2 Å². The van der Waals surface area contributed by atoms with Crippen molar-refractivity contribution in [2.24, 2.45) is 11.7 Å². The molecule has 1 aliphatic carbocycles. The first-order valence-corrected chi connectivity index (χ1v) is 6.29. The second kappa shape index (κ2) is 6.45. The van der Waals surface area contributed by atoms with Gasteiger partial charge in [0, 0.05) is 25.6 Å². The number of hydrogen-bond acceptors (Lipinski definition) is 2. The van der Waals surface area contributed by atoms with Crippen LogP contribution in [-0.2, 0) is 4.79 Å². The van der Waals surface area contributed by atoms with E-state index >= 15 is 0 Å². The summed E-state index contributed by atoms with van der Waals surface area (Å²) in [5.74, 6) is 0.998.